The van der Waals surface area contributed by atoms with Gasteiger partial charge in [-0.2, -0.15) is 0 Å². The van der Waals surface area contributed by atoms with Crippen LogP contribution in [0.2, 0.25) is 5.02 Å². The van der Waals surface area contributed by atoms with Crippen LogP contribution in [0.1, 0.15) is 20.8 Å². The highest BCUT2D eigenvalue weighted by atomic mass is 35.5. The number of benzene rings is 1. The summed E-state index contributed by atoms with van der Waals surface area (Å²) in [6.45, 7) is 4.92. The lowest BCUT2D eigenvalue weighted by Gasteiger charge is -2.34. The van der Waals surface area contributed by atoms with Crippen LogP contribution in [0.4, 0.5) is 10.5 Å². The minimum Gasteiger partial charge on any atom is -0.495 e. The Morgan fingerprint density at radius 3 is 2.52 bits per heavy atom. The zero-order valence-electron chi connectivity index (χ0n) is 12.4. The number of carboxylic acids is 1. The number of nitrogens with zero attached hydrogens (tertiary/aromatic N) is 1. The molecule has 0 bridgehead atoms. The fraction of sp³-hybridized carbons (Fsp3) is 0.429. The monoisotopic (exact) mass is 314 g/mol. The van der Waals surface area contributed by atoms with Crippen molar-refractivity contribution in [3.63, 3.8) is 0 Å². The number of nitrogens with one attached hydrogen (secondary N) is 1. The lowest BCUT2D eigenvalue weighted by molar-refractivity contribution is -0.147. The van der Waals surface area contributed by atoms with Gasteiger partial charge in [0.05, 0.1) is 12.1 Å². The third-order valence-electron chi connectivity index (χ3n) is 3.16. The second-order valence-electron chi connectivity index (χ2n) is 4.89. The van der Waals surface area contributed by atoms with Crippen molar-refractivity contribution < 1.29 is 19.4 Å². The maximum atomic E-state index is 12.3. The molecule has 6 nitrogen and oxygen atoms in total. The Morgan fingerprint density at radius 1 is 1.43 bits per heavy atom. The number of aliphatic carboxylic acids is 1. The van der Waals surface area contributed by atoms with Gasteiger partial charge in [0.15, 0.2) is 0 Å². The molecular formula is C14H19ClN2O4. The lowest BCUT2D eigenvalue weighted by Crippen LogP contribution is -2.54. The molecule has 0 saturated heterocycles. The van der Waals surface area contributed by atoms with E-state index in [-0.39, 0.29) is 6.54 Å². The Labute approximate surface area is 128 Å². The van der Waals surface area contributed by atoms with Crippen molar-refractivity contribution in [2.45, 2.75) is 26.3 Å². The summed E-state index contributed by atoms with van der Waals surface area (Å²) in [5.74, 6) is -0.650. The summed E-state index contributed by atoms with van der Waals surface area (Å²) >= 11 is 5.91. The summed E-state index contributed by atoms with van der Waals surface area (Å²) in [6.07, 6.45) is 0. The molecule has 1 aromatic carbocycles. The average Bonchev–Trinajstić information content (AvgIpc) is 2.41. The molecule has 1 aromatic rings. The quantitative estimate of drug-likeness (QED) is 0.875. The number of carbonyl (C=O) groups excluding carboxylic acids is 1. The second-order valence-corrected chi connectivity index (χ2v) is 5.30. The maximum Gasteiger partial charge on any atom is 0.329 e. The largest absolute Gasteiger partial charge is 0.495 e. The van der Waals surface area contributed by atoms with Gasteiger partial charge in [0.2, 0.25) is 0 Å². The van der Waals surface area contributed by atoms with Crippen LogP contribution in [0.5, 0.6) is 5.75 Å². The SMILES string of the molecule is CCN(C(=O)Nc1ccc(Cl)c(OC)c1)C(C)(C)C(=O)O. The molecule has 0 heterocycles. The summed E-state index contributed by atoms with van der Waals surface area (Å²) in [6, 6.07) is 4.27. The van der Waals surface area contributed by atoms with Crippen molar-refractivity contribution in [2.75, 3.05) is 19.0 Å². The molecule has 2 N–H and O–H groups in total. The standard InChI is InChI=1S/C14H19ClN2O4/c1-5-17(14(2,3)12(18)19)13(20)16-9-6-7-10(15)11(8-9)21-4/h6-8H,5H2,1-4H3,(H,16,20)(H,18,19). The third-order valence-corrected chi connectivity index (χ3v) is 3.47. The first-order valence-electron chi connectivity index (χ1n) is 6.39. The second kappa shape index (κ2) is 6.67. The molecule has 0 aliphatic carbocycles. The number of urea groups is 1. The van der Waals surface area contributed by atoms with Gasteiger partial charge in [-0.05, 0) is 32.9 Å². The summed E-state index contributed by atoms with van der Waals surface area (Å²) in [4.78, 5) is 24.8. The Morgan fingerprint density at radius 2 is 2.05 bits per heavy atom. The van der Waals surface area contributed by atoms with E-state index in [1.165, 1.54) is 25.9 Å². The highest BCUT2D eigenvalue weighted by Crippen LogP contribution is 2.28. The van der Waals surface area contributed by atoms with Crippen LogP contribution in [0, 0.1) is 0 Å². The van der Waals surface area contributed by atoms with Crippen LogP contribution in [0.15, 0.2) is 18.2 Å². The number of rotatable bonds is 5. The van der Waals surface area contributed by atoms with Crippen molar-refractivity contribution in [3.8, 4) is 5.75 Å². The summed E-state index contributed by atoms with van der Waals surface area (Å²) in [5.41, 5.74) is -0.837. The highest BCUT2D eigenvalue weighted by Gasteiger charge is 2.36. The molecule has 1 rings (SSSR count). The first-order chi connectivity index (χ1) is 9.73. The number of amides is 2. The number of ether oxygens (including phenoxy) is 1. The van der Waals surface area contributed by atoms with Gasteiger partial charge in [0.1, 0.15) is 11.3 Å². The van der Waals surface area contributed by atoms with Gasteiger partial charge in [0, 0.05) is 18.3 Å². The zero-order valence-corrected chi connectivity index (χ0v) is 13.2. The minimum atomic E-state index is -1.31. The summed E-state index contributed by atoms with van der Waals surface area (Å²) < 4.78 is 5.07. The predicted octanol–water partition coefficient (Wildman–Crippen LogP) is 3.07. The van der Waals surface area contributed by atoms with E-state index < -0.39 is 17.5 Å². The lowest BCUT2D eigenvalue weighted by atomic mass is 10.0. The number of carbonyl (C=O) groups is 2. The number of anilines is 1. The number of hydrogen-bond donors (Lipinski definition) is 2. The molecule has 0 saturated carbocycles. The van der Waals surface area contributed by atoms with Gasteiger partial charge in [-0.25, -0.2) is 9.59 Å². The van der Waals surface area contributed by atoms with Crippen LogP contribution in [-0.2, 0) is 4.79 Å². The molecular weight excluding hydrogens is 296 g/mol. The molecule has 0 fully saturated rings. The van der Waals surface area contributed by atoms with E-state index in [2.05, 4.69) is 5.32 Å². The van der Waals surface area contributed by atoms with E-state index in [0.29, 0.717) is 16.5 Å². The number of hydrogen-bond acceptors (Lipinski definition) is 3. The molecule has 0 aromatic heterocycles. The molecule has 116 valence electrons. The Kier molecular flexibility index (Phi) is 5.43. The first kappa shape index (κ1) is 17.1. The van der Waals surface area contributed by atoms with Gasteiger partial charge in [-0.15, -0.1) is 0 Å². The fourth-order valence-corrected chi connectivity index (χ4v) is 2.03. The Balaban J connectivity index is 2.96. The van der Waals surface area contributed by atoms with Crippen LogP contribution < -0.4 is 10.1 Å². The molecule has 0 aliphatic heterocycles. The van der Waals surface area contributed by atoms with Crippen LogP contribution in [0.25, 0.3) is 0 Å². The summed E-state index contributed by atoms with van der Waals surface area (Å²) in [7, 11) is 1.47. The normalized spacial score (nSPS) is 10.9. The fourth-order valence-electron chi connectivity index (χ4n) is 1.84. The number of halogens is 1. The molecule has 0 spiro atoms. The van der Waals surface area contributed by atoms with E-state index >= 15 is 0 Å². The number of likely N-dealkylation sites (N-methyl/N-ethyl adjacent to an activating group) is 1. The van der Waals surface area contributed by atoms with Gasteiger partial charge < -0.3 is 20.1 Å². The van der Waals surface area contributed by atoms with E-state index in [9.17, 15) is 14.7 Å². The molecule has 0 radical (unpaired) electrons. The minimum absolute atomic E-state index is 0.260. The molecule has 21 heavy (non-hydrogen) atoms. The average molecular weight is 315 g/mol. The van der Waals surface area contributed by atoms with E-state index in [0.717, 1.165) is 0 Å². The summed E-state index contributed by atoms with van der Waals surface area (Å²) in [5, 5.41) is 12.3. The van der Waals surface area contributed by atoms with Crippen molar-refractivity contribution in [1.82, 2.24) is 4.90 Å². The Hall–Kier alpha value is -1.95. The molecule has 0 aliphatic rings. The van der Waals surface area contributed by atoms with Crippen LogP contribution in [0.3, 0.4) is 0 Å². The maximum absolute atomic E-state index is 12.3. The van der Waals surface area contributed by atoms with Gasteiger partial charge in [-0.3, -0.25) is 0 Å². The van der Waals surface area contributed by atoms with Gasteiger partial charge in [-0.1, -0.05) is 11.6 Å². The first-order valence-corrected chi connectivity index (χ1v) is 6.77. The molecule has 0 unspecified atom stereocenters. The smallest absolute Gasteiger partial charge is 0.329 e. The predicted molar refractivity (Wildman–Crippen MR) is 81.1 cm³/mol. The van der Waals surface area contributed by atoms with Gasteiger partial charge >= 0.3 is 12.0 Å². The van der Waals surface area contributed by atoms with Crippen molar-refractivity contribution in [2.24, 2.45) is 0 Å². The van der Waals surface area contributed by atoms with E-state index in [1.807, 2.05) is 0 Å². The topological polar surface area (TPSA) is 78.9 Å². The third kappa shape index (κ3) is 3.78. The number of methoxy groups -OCH3 is 1. The van der Waals surface area contributed by atoms with Crippen molar-refractivity contribution in [3.05, 3.63) is 23.2 Å². The molecule has 2 amide bonds. The van der Waals surface area contributed by atoms with E-state index in [4.69, 9.17) is 16.3 Å². The van der Waals surface area contributed by atoms with Crippen molar-refractivity contribution >= 4 is 29.3 Å². The zero-order chi connectivity index (χ0) is 16.2. The number of carboxylic acid groups (broad SMARTS) is 1. The highest BCUT2D eigenvalue weighted by molar-refractivity contribution is 6.32. The molecule has 7 heteroatoms. The Bertz CT molecular complexity index is 546. The van der Waals surface area contributed by atoms with Crippen LogP contribution >= 0.6 is 11.6 Å². The van der Waals surface area contributed by atoms with Gasteiger partial charge in [0.25, 0.3) is 0 Å². The van der Waals surface area contributed by atoms with Crippen LogP contribution in [-0.4, -0.2) is 41.2 Å². The molecule has 0 atom stereocenters. The van der Waals surface area contributed by atoms with E-state index in [1.54, 1.807) is 25.1 Å². The van der Waals surface area contributed by atoms with Crippen molar-refractivity contribution in [1.29, 1.82) is 0 Å².